The van der Waals surface area contributed by atoms with Gasteiger partial charge in [-0.2, -0.15) is 0 Å². The number of fused-ring (bicyclic) bond motifs is 1. The summed E-state index contributed by atoms with van der Waals surface area (Å²) < 4.78 is 13.7. The van der Waals surface area contributed by atoms with Crippen LogP contribution in [0.1, 0.15) is 30.1 Å². The number of hydrogen-bond acceptors (Lipinski definition) is 4. The maximum atomic E-state index is 11.6. The van der Waals surface area contributed by atoms with Gasteiger partial charge in [-0.1, -0.05) is 6.07 Å². The molecule has 4 aromatic rings. The van der Waals surface area contributed by atoms with Crippen molar-refractivity contribution in [3.8, 4) is 28.5 Å². The van der Waals surface area contributed by atoms with Crippen molar-refractivity contribution in [2.75, 3.05) is 6.61 Å². The third-order valence-electron chi connectivity index (χ3n) is 5.24. The summed E-state index contributed by atoms with van der Waals surface area (Å²) in [6.07, 6.45) is 6.35. The molecule has 1 aliphatic carbocycles. The number of rotatable bonds is 7. The van der Waals surface area contributed by atoms with Gasteiger partial charge in [0, 0.05) is 29.6 Å². The predicted octanol–water partition coefficient (Wildman–Crippen LogP) is 5.79. The van der Waals surface area contributed by atoms with E-state index in [1.165, 1.54) is 12.8 Å². The fraction of sp³-hybridized carbons (Fsp3) is 0.200. The summed E-state index contributed by atoms with van der Waals surface area (Å²) in [6.45, 7) is 2.34. The first-order chi connectivity index (χ1) is 14.6. The Hall–Kier alpha value is -3.60. The molecule has 0 spiro atoms. The summed E-state index contributed by atoms with van der Waals surface area (Å²) in [5, 5.41) is 0. The number of hydrogen-bond donors (Lipinski definition) is 0. The summed E-state index contributed by atoms with van der Waals surface area (Å²) in [4.78, 5) is 16.2. The minimum absolute atomic E-state index is 0.0329. The summed E-state index contributed by atoms with van der Waals surface area (Å²) in [7, 11) is 0. The van der Waals surface area contributed by atoms with E-state index in [4.69, 9.17) is 9.47 Å². The molecule has 5 nitrogen and oxygen atoms in total. The van der Waals surface area contributed by atoms with Gasteiger partial charge in [0.2, 0.25) is 0 Å². The Kier molecular flexibility index (Phi) is 4.71. The largest absolute Gasteiger partial charge is 0.493 e. The second-order valence-corrected chi connectivity index (χ2v) is 7.72. The van der Waals surface area contributed by atoms with Gasteiger partial charge >= 0.3 is 0 Å². The predicted molar refractivity (Wildman–Crippen MR) is 115 cm³/mol. The first-order valence-electron chi connectivity index (χ1n) is 10.1. The zero-order chi connectivity index (χ0) is 20.5. The van der Waals surface area contributed by atoms with Crippen LogP contribution in [0.15, 0.2) is 73.1 Å². The highest BCUT2D eigenvalue weighted by Gasteiger charge is 2.21. The number of imidazole rings is 1. The Labute approximate surface area is 174 Å². The molecule has 1 fully saturated rings. The number of benzene rings is 2. The van der Waals surface area contributed by atoms with Crippen molar-refractivity contribution in [3.63, 3.8) is 0 Å². The topological polar surface area (TPSA) is 52.8 Å². The summed E-state index contributed by atoms with van der Waals surface area (Å²) in [6, 6.07) is 19.2. The highest BCUT2D eigenvalue weighted by molar-refractivity contribution is 5.94. The smallest absolute Gasteiger partial charge is 0.159 e. The van der Waals surface area contributed by atoms with Crippen LogP contribution in [0.3, 0.4) is 0 Å². The SMILES string of the molecule is CC(=O)c1ccn2cc(-c3ccc(Oc4cccc(OCC5CC5)c4)cc3)nc2c1. The van der Waals surface area contributed by atoms with Crippen LogP contribution in [0.2, 0.25) is 0 Å². The van der Waals surface area contributed by atoms with Gasteiger partial charge in [0.1, 0.15) is 22.9 Å². The van der Waals surface area contributed by atoms with Gasteiger partial charge in [0.05, 0.1) is 12.3 Å². The van der Waals surface area contributed by atoms with E-state index < -0.39 is 0 Å². The molecule has 5 rings (SSSR count). The second kappa shape index (κ2) is 7.67. The minimum atomic E-state index is 0.0329. The molecule has 2 heterocycles. The number of pyridine rings is 1. The van der Waals surface area contributed by atoms with Crippen molar-refractivity contribution in [2.24, 2.45) is 5.92 Å². The van der Waals surface area contributed by atoms with Crippen molar-refractivity contribution < 1.29 is 14.3 Å². The van der Waals surface area contributed by atoms with Crippen molar-refractivity contribution in [3.05, 3.63) is 78.6 Å². The molecular weight excluding hydrogens is 376 g/mol. The summed E-state index contributed by atoms with van der Waals surface area (Å²) >= 11 is 0. The van der Waals surface area contributed by atoms with E-state index in [9.17, 15) is 4.79 Å². The van der Waals surface area contributed by atoms with E-state index in [0.29, 0.717) is 5.56 Å². The third-order valence-corrected chi connectivity index (χ3v) is 5.24. The van der Waals surface area contributed by atoms with Gasteiger partial charge in [-0.05, 0) is 74.2 Å². The Bertz CT molecular complexity index is 1210. The number of carbonyl (C=O) groups is 1. The Morgan fingerprint density at radius 3 is 2.60 bits per heavy atom. The minimum Gasteiger partial charge on any atom is -0.493 e. The lowest BCUT2D eigenvalue weighted by Crippen LogP contribution is -1.98. The fourth-order valence-electron chi connectivity index (χ4n) is 3.30. The van der Waals surface area contributed by atoms with Crippen LogP contribution in [0.25, 0.3) is 16.9 Å². The Morgan fingerprint density at radius 1 is 1.03 bits per heavy atom. The maximum Gasteiger partial charge on any atom is 0.159 e. The lowest BCUT2D eigenvalue weighted by atomic mass is 10.1. The molecule has 0 bridgehead atoms. The van der Waals surface area contributed by atoms with E-state index in [0.717, 1.165) is 46.7 Å². The third kappa shape index (κ3) is 4.06. The number of carbonyl (C=O) groups excluding carboxylic acids is 1. The van der Waals surface area contributed by atoms with Crippen LogP contribution in [0, 0.1) is 5.92 Å². The molecule has 2 aromatic carbocycles. The number of aromatic nitrogens is 2. The molecule has 1 saturated carbocycles. The Morgan fingerprint density at radius 2 is 1.83 bits per heavy atom. The average Bonchev–Trinajstić information content (AvgIpc) is 3.49. The van der Waals surface area contributed by atoms with Crippen molar-refractivity contribution in [2.45, 2.75) is 19.8 Å². The average molecular weight is 398 g/mol. The molecule has 0 aliphatic heterocycles. The quantitative estimate of drug-likeness (QED) is 0.370. The number of ketones is 1. The van der Waals surface area contributed by atoms with E-state index in [1.807, 2.05) is 71.4 Å². The zero-order valence-electron chi connectivity index (χ0n) is 16.7. The van der Waals surface area contributed by atoms with E-state index in [-0.39, 0.29) is 5.78 Å². The summed E-state index contributed by atoms with van der Waals surface area (Å²) in [5.74, 6) is 3.09. The number of Topliss-reactive ketones (excluding diaryl/α,β-unsaturated/α-hetero) is 1. The maximum absolute atomic E-state index is 11.6. The van der Waals surface area contributed by atoms with Crippen LogP contribution >= 0.6 is 0 Å². The monoisotopic (exact) mass is 398 g/mol. The highest BCUT2D eigenvalue weighted by atomic mass is 16.5. The molecule has 0 N–H and O–H groups in total. The molecule has 0 atom stereocenters. The van der Waals surface area contributed by atoms with Crippen LogP contribution in [-0.4, -0.2) is 21.8 Å². The van der Waals surface area contributed by atoms with Crippen LogP contribution in [-0.2, 0) is 0 Å². The van der Waals surface area contributed by atoms with E-state index >= 15 is 0 Å². The van der Waals surface area contributed by atoms with Gasteiger partial charge in [-0.3, -0.25) is 4.79 Å². The van der Waals surface area contributed by atoms with Crippen molar-refractivity contribution >= 4 is 11.4 Å². The molecular formula is C25H22N2O3. The molecule has 0 unspecified atom stereocenters. The standard InChI is InChI=1S/C25H22N2O3/c1-17(28)20-11-12-27-15-24(26-25(27)13-20)19-7-9-21(10-8-19)30-23-4-2-3-22(14-23)29-16-18-5-6-18/h2-4,7-15,18H,5-6,16H2,1H3. The van der Waals surface area contributed by atoms with E-state index in [2.05, 4.69) is 4.98 Å². The molecule has 0 amide bonds. The van der Waals surface area contributed by atoms with Crippen LogP contribution in [0.5, 0.6) is 17.2 Å². The van der Waals surface area contributed by atoms with Gasteiger partial charge in [-0.25, -0.2) is 4.98 Å². The normalized spacial score (nSPS) is 13.4. The molecule has 30 heavy (non-hydrogen) atoms. The molecule has 150 valence electrons. The zero-order valence-corrected chi connectivity index (χ0v) is 16.7. The first kappa shape index (κ1) is 18.4. The number of nitrogens with zero attached hydrogens (tertiary/aromatic N) is 2. The van der Waals surface area contributed by atoms with E-state index in [1.54, 1.807) is 13.0 Å². The molecule has 0 saturated heterocycles. The van der Waals surface area contributed by atoms with Gasteiger partial charge in [0.25, 0.3) is 0 Å². The van der Waals surface area contributed by atoms with Crippen molar-refractivity contribution in [1.29, 1.82) is 0 Å². The molecule has 1 aliphatic rings. The molecule has 5 heteroatoms. The van der Waals surface area contributed by atoms with Crippen LogP contribution < -0.4 is 9.47 Å². The summed E-state index contributed by atoms with van der Waals surface area (Å²) in [5.41, 5.74) is 3.24. The molecule has 2 aromatic heterocycles. The van der Waals surface area contributed by atoms with Crippen LogP contribution in [0.4, 0.5) is 0 Å². The highest BCUT2D eigenvalue weighted by Crippen LogP contribution is 2.31. The first-order valence-corrected chi connectivity index (χ1v) is 10.1. The van der Waals surface area contributed by atoms with Gasteiger partial charge in [-0.15, -0.1) is 0 Å². The van der Waals surface area contributed by atoms with Gasteiger partial charge < -0.3 is 13.9 Å². The second-order valence-electron chi connectivity index (χ2n) is 7.72. The molecule has 0 radical (unpaired) electrons. The van der Waals surface area contributed by atoms with Gasteiger partial charge in [0.15, 0.2) is 5.78 Å². The lowest BCUT2D eigenvalue weighted by Gasteiger charge is -2.09. The van der Waals surface area contributed by atoms with Crippen molar-refractivity contribution in [1.82, 2.24) is 9.38 Å². The Balaban J connectivity index is 1.31. The lowest BCUT2D eigenvalue weighted by molar-refractivity contribution is 0.101. The number of ether oxygens (including phenoxy) is 2. The fourth-order valence-corrected chi connectivity index (χ4v) is 3.30.